The molecule has 0 aromatic carbocycles. The molecule has 1 aliphatic carbocycles. The molecule has 1 aromatic heterocycles. The van der Waals surface area contributed by atoms with E-state index in [0.717, 1.165) is 12.8 Å². The van der Waals surface area contributed by atoms with Gasteiger partial charge in [0, 0.05) is 32.7 Å². The van der Waals surface area contributed by atoms with Crippen molar-refractivity contribution in [2.75, 3.05) is 26.8 Å². The highest BCUT2D eigenvalue weighted by Crippen LogP contribution is 2.30. The molecule has 2 fully saturated rings. The number of rotatable bonds is 8. The van der Waals surface area contributed by atoms with Crippen LogP contribution in [0.3, 0.4) is 0 Å². The van der Waals surface area contributed by atoms with Gasteiger partial charge in [0.2, 0.25) is 11.8 Å². The van der Waals surface area contributed by atoms with Crippen LogP contribution in [0.25, 0.3) is 0 Å². The molecule has 1 saturated carbocycles. The SMILES string of the molecule is COCCNC(=O)[C@@H]1C[C@H](Oc2cccnc2)CN1C(=O)CC1CCCC1. The summed E-state index contributed by atoms with van der Waals surface area (Å²) in [6.45, 7) is 1.32. The molecule has 2 atom stereocenters. The molecule has 0 bridgehead atoms. The Morgan fingerprint density at radius 1 is 1.33 bits per heavy atom. The van der Waals surface area contributed by atoms with Gasteiger partial charge < -0.3 is 19.7 Å². The number of likely N-dealkylation sites (tertiary alicyclic amines) is 1. The van der Waals surface area contributed by atoms with Crippen molar-refractivity contribution in [2.45, 2.75) is 50.7 Å². The molecule has 0 unspecified atom stereocenters. The number of methoxy groups -OCH3 is 1. The van der Waals surface area contributed by atoms with Crippen LogP contribution in [0.5, 0.6) is 5.75 Å². The van der Waals surface area contributed by atoms with E-state index in [9.17, 15) is 9.59 Å². The van der Waals surface area contributed by atoms with Gasteiger partial charge in [0.05, 0.1) is 19.3 Å². The van der Waals surface area contributed by atoms with Crippen LogP contribution in [0.1, 0.15) is 38.5 Å². The predicted molar refractivity (Wildman–Crippen MR) is 100 cm³/mol. The van der Waals surface area contributed by atoms with Crippen molar-refractivity contribution in [1.82, 2.24) is 15.2 Å². The van der Waals surface area contributed by atoms with Gasteiger partial charge in [0.1, 0.15) is 17.9 Å². The number of hydrogen-bond acceptors (Lipinski definition) is 5. The normalized spacial score (nSPS) is 22.8. The van der Waals surface area contributed by atoms with Crippen molar-refractivity contribution in [3.8, 4) is 5.75 Å². The third-order valence-electron chi connectivity index (χ3n) is 5.37. The van der Waals surface area contributed by atoms with E-state index < -0.39 is 6.04 Å². The Balaban J connectivity index is 1.64. The molecule has 1 N–H and O–H groups in total. The zero-order valence-electron chi connectivity index (χ0n) is 15.9. The maximum Gasteiger partial charge on any atom is 0.243 e. The first-order chi connectivity index (χ1) is 13.2. The summed E-state index contributed by atoms with van der Waals surface area (Å²) >= 11 is 0. The van der Waals surface area contributed by atoms with Gasteiger partial charge in [0.15, 0.2) is 0 Å². The van der Waals surface area contributed by atoms with Gasteiger partial charge >= 0.3 is 0 Å². The average molecular weight is 375 g/mol. The highest BCUT2D eigenvalue weighted by Gasteiger charge is 2.41. The lowest BCUT2D eigenvalue weighted by molar-refractivity contribution is -0.139. The summed E-state index contributed by atoms with van der Waals surface area (Å²) in [6, 6.07) is 3.16. The van der Waals surface area contributed by atoms with Crippen molar-refractivity contribution in [3.63, 3.8) is 0 Å². The van der Waals surface area contributed by atoms with Gasteiger partial charge in [-0.15, -0.1) is 0 Å². The van der Waals surface area contributed by atoms with Crippen LogP contribution in [-0.4, -0.2) is 60.7 Å². The Hall–Kier alpha value is -2.15. The van der Waals surface area contributed by atoms with Gasteiger partial charge in [-0.3, -0.25) is 14.6 Å². The number of carbonyl (C=O) groups excluding carboxylic acids is 2. The van der Waals surface area contributed by atoms with Crippen molar-refractivity contribution in [1.29, 1.82) is 0 Å². The van der Waals surface area contributed by atoms with Crippen LogP contribution < -0.4 is 10.1 Å². The highest BCUT2D eigenvalue weighted by atomic mass is 16.5. The van der Waals surface area contributed by atoms with E-state index in [0.29, 0.717) is 44.2 Å². The van der Waals surface area contributed by atoms with Gasteiger partial charge in [-0.05, 0) is 30.9 Å². The van der Waals surface area contributed by atoms with Crippen LogP contribution >= 0.6 is 0 Å². The first kappa shape index (κ1) is 19.6. The molecular formula is C20H29N3O4. The molecule has 1 aromatic rings. The molecule has 1 saturated heterocycles. The topological polar surface area (TPSA) is 80.8 Å². The summed E-state index contributed by atoms with van der Waals surface area (Å²) < 4.78 is 11.0. The van der Waals surface area contributed by atoms with Gasteiger partial charge in [-0.2, -0.15) is 0 Å². The van der Waals surface area contributed by atoms with E-state index >= 15 is 0 Å². The van der Waals surface area contributed by atoms with Gasteiger partial charge in [-0.25, -0.2) is 0 Å². The fourth-order valence-corrected chi connectivity index (χ4v) is 3.99. The molecule has 27 heavy (non-hydrogen) atoms. The van der Waals surface area contributed by atoms with Crippen molar-refractivity contribution in [3.05, 3.63) is 24.5 Å². The van der Waals surface area contributed by atoms with Crippen LogP contribution in [0.15, 0.2) is 24.5 Å². The standard InChI is InChI=1S/C20H29N3O4/c1-26-10-9-22-20(25)18-12-17(27-16-7-4-8-21-13-16)14-23(18)19(24)11-15-5-2-3-6-15/h4,7-8,13,15,17-18H,2-3,5-6,9-12,14H2,1H3,(H,22,25)/t17-,18-/m0/s1. The predicted octanol–water partition coefficient (Wildman–Crippen LogP) is 1.77. The smallest absolute Gasteiger partial charge is 0.243 e. The number of nitrogens with one attached hydrogen (secondary N) is 1. The molecule has 2 amide bonds. The monoisotopic (exact) mass is 375 g/mol. The molecule has 7 nitrogen and oxygen atoms in total. The van der Waals surface area contributed by atoms with Crippen molar-refractivity contribution in [2.24, 2.45) is 5.92 Å². The Morgan fingerprint density at radius 3 is 2.85 bits per heavy atom. The second kappa shape index (κ2) is 9.69. The molecule has 0 radical (unpaired) electrons. The Labute approximate surface area is 160 Å². The highest BCUT2D eigenvalue weighted by molar-refractivity contribution is 5.88. The number of nitrogens with zero attached hydrogens (tertiary/aromatic N) is 2. The molecule has 148 valence electrons. The quantitative estimate of drug-likeness (QED) is 0.701. The molecule has 3 rings (SSSR count). The number of aromatic nitrogens is 1. The fourth-order valence-electron chi connectivity index (χ4n) is 3.99. The third kappa shape index (κ3) is 5.42. The Bertz CT molecular complexity index is 619. The van der Waals surface area contributed by atoms with Crippen LogP contribution in [0, 0.1) is 5.92 Å². The number of carbonyl (C=O) groups is 2. The Kier molecular flexibility index (Phi) is 7.04. The summed E-state index contributed by atoms with van der Waals surface area (Å²) in [4.78, 5) is 31.3. The van der Waals surface area contributed by atoms with Crippen molar-refractivity contribution >= 4 is 11.8 Å². The molecule has 2 aliphatic rings. The van der Waals surface area contributed by atoms with Crippen LogP contribution in [-0.2, 0) is 14.3 Å². The largest absolute Gasteiger partial charge is 0.487 e. The second-order valence-electron chi connectivity index (χ2n) is 7.36. The van der Waals surface area contributed by atoms with Crippen molar-refractivity contribution < 1.29 is 19.1 Å². The second-order valence-corrected chi connectivity index (χ2v) is 7.36. The van der Waals surface area contributed by atoms with Gasteiger partial charge in [0.25, 0.3) is 0 Å². The summed E-state index contributed by atoms with van der Waals surface area (Å²) in [5, 5.41) is 2.86. The van der Waals surface area contributed by atoms with E-state index in [2.05, 4.69) is 10.3 Å². The average Bonchev–Trinajstić information content (AvgIpc) is 3.32. The van der Waals surface area contributed by atoms with Crippen LogP contribution in [0.4, 0.5) is 0 Å². The maximum absolute atomic E-state index is 12.9. The summed E-state index contributed by atoms with van der Waals surface area (Å²) in [5.41, 5.74) is 0. The zero-order valence-corrected chi connectivity index (χ0v) is 15.9. The number of pyridine rings is 1. The number of ether oxygens (including phenoxy) is 2. The minimum atomic E-state index is -0.488. The summed E-state index contributed by atoms with van der Waals surface area (Å²) in [6.07, 6.45) is 8.77. The lowest BCUT2D eigenvalue weighted by Crippen LogP contribution is -2.46. The van der Waals surface area contributed by atoms with Gasteiger partial charge in [-0.1, -0.05) is 12.8 Å². The van der Waals surface area contributed by atoms with E-state index in [1.165, 1.54) is 12.8 Å². The third-order valence-corrected chi connectivity index (χ3v) is 5.37. The maximum atomic E-state index is 12.9. The number of amides is 2. The minimum Gasteiger partial charge on any atom is -0.487 e. The Morgan fingerprint density at radius 2 is 2.15 bits per heavy atom. The summed E-state index contributed by atoms with van der Waals surface area (Å²) in [5.74, 6) is 1.04. The van der Waals surface area contributed by atoms with E-state index in [4.69, 9.17) is 9.47 Å². The molecular weight excluding hydrogens is 346 g/mol. The van der Waals surface area contributed by atoms with E-state index in [1.807, 2.05) is 12.1 Å². The first-order valence-corrected chi connectivity index (χ1v) is 9.80. The first-order valence-electron chi connectivity index (χ1n) is 9.80. The molecule has 2 heterocycles. The summed E-state index contributed by atoms with van der Waals surface area (Å²) in [7, 11) is 1.59. The molecule has 0 spiro atoms. The van der Waals surface area contributed by atoms with E-state index in [1.54, 1.807) is 24.4 Å². The van der Waals surface area contributed by atoms with Crippen LogP contribution in [0.2, 0.25) is 0 Å². The number of hydrogen-bond donors (Lipinski definition) is 1. The lowest BCUT2D eigenvalue weighted by Gasteiger charge is -2.25. The molecule has 7 heteroatoms. The minimum absolute atomic E-state index is 0.0612. The van der Waals surface area contributed by atoms with E-state index in [-0.39, 0.29) is 17.9 Å². The fraction of sp³-hybridized carbons (Fsp3) is 0.650. The lowest BCUT2D eigenvalue weighted by atomic mass is 10.0. The zero-order chi connectivity index (χ0) is 19.1. The molecule has 1 aliphatic heterocycles.